The zero-order chi connectivity index (χ0) is 10.4. The van der Waals surface area contributed by atoms with Gasteiger partial charge in [-0.1, -0.05) is 12.2 Å². The molecule has 2 bridgehead atoms. The largest absolute Gasteiger partial charge is 0.493 e. The average molecular weight is 204 g/mol. The highest BCUT2D eigenvalue weighted by Crippen LogP contribution is 2.49. The molecule has 0 amide bonds. The van der Waals surface area contributed by atoms with Gasteiger partial charge in [0.05, 0.1) is 14.2 Å². The summed E-state index contributed by atoms with van der Waals surface area (Å²) in [5, 5.41) is 0. The van der Waals surface area contributed by atoms with Crippen molar-refractivity contribution in [2.75, 3.05) is 14.2 Å². The minimum Gasteiger partial charge on any atom is -0.493 e. The molecular formula is C12H12O3. The van der Waals surface area contributed by atoms with Gasteiger partial charge in [0, 0.05) is 0 Å². The number of ether oxygens (including phenoxy) is 3. The highest BCUT2D eigenvalue weighted by atomic mass is 16.5. The Morgan fingerprint density at radius 3 is 1.80 bits per heavy atom. The monoisotopic (exact) mass is 204 g/mol. The van der Waals surface area contributed by atoms with Crippen LogP contribution in [0.15, 0.2) is 24.3 Å². The summed E-state index contributed by atoms with van der Waals surface area (Å²) in [6.45, 7) is 0. The van der Waals surface area contributed by atoms with E-state index >= 15 is 0 Å². The van der Waals surface area contributed by atoms with Crippen LogP contribution < -0.4 is 9.47 Å². The van der Waals surface area contributed by atoms with E-state index in [2.05, 4.69) is 12.2 Å². The molecule has 2 aliphatic heterocycles. The molecule has 3 heteroatoms. The van der Waals surface area contributed by atoms with Crippen molar-refractivity contribution in [1.29, 1.82) is 0 Å². The van der Waals surface area contributed by atoms with E-state index in [9.17, 15) is 0 Å². The first-order valence-corrected chi connectivity index (χ1v) is 4.93. The highest BCUT2D eigenvalue weighted by molar-refractivity contribution is 5.53. The zero-order valence-electron chi connectivity index (χ0n) is 8.69. The molecule has 3 rings (SSSR count). The number of methoxy groups -OCH3 is 2. The molecule has 3 nitrogen and oxygen atoms in total. The lowest BCUT2D eigenvalue weighted by molar-refractivity contribution is 0.0878. The number of hydrogen-bond acceptors (Lipinski definition) is 3. The van der Waals surface area contributed by atoms with Gasteiger partial charge in [-0.25, -0.2) is 0 Å². The summed E-state index contributed by atoms with van der Waals surface area (Å²) in [7, 11) is 3.29. The molecule has 1 aromatic rings. The van der Waals surface area contributed by atoms with Gasteiger partial charge in [-0.15, -0.1) is 0 Å². The van der Waals surface area contributed by atoms with Crippen LogP contribution in [0.4, 0.5) is 0 Å². The van der Waals surface area contributed by atoms with Crippen LogP contribution in [0, 0.1) is 0 Å². The molecule has 0 fully saturated rings. The highest BCUT2D eigenvalue weighted by Gasteiger charge is 2.34. The van der Waals surface area contributed by atoms with Crippen LogP contribution in [-0.2, 0) is 4.74 Å². The van der Waals surface area contributed by atoms with Gasteiger partial charge in [0.15, 0.2) is 11.5 Å². The SMILES string of the molecule is COc1cc2c(cc1OC)[C@@H]1C=C[C@@H]2O1. The summed E-state index contributed by atoms with van der Waals surface area (Å²) in [5.74, 6) is 1.53. The fourth-order valence-corrected chi connectivity index (χ4v) is 2.21. The van der Waals surface area contributed by atoms with Crippen molar-refractivity contribution in [2.24, 2.45) is 0 Å². The van der Waals surface area contributed by atoms with E-state index in [0.717, 1.165) is 11.5 Å². The second kappa shape index (κ2) is 3.00. The summed E-state index contributed by atoms with van der Waals surface area (Å²) >= 11 is 0. The first kappa shape index (κ1) is 8.80. The van der Waals surface area contributed by atoms with Crippen molar-refractivity contribution in [2.45, 2.75) is 12.2 Å². The number of hydrogen-bond donors (Lipinski definition) is 0. The fraction of sp³-hybridized carbons (Fsp3) is 0.333. The minimum atomic E-state index is 0.102. The zero-order valence-corrected chi connectivity index (χ0v) is 8.69. The lowest BCUT2D eigenvalue weighted by Crippen LogP contribution is -1.97. The quantitative estimate of drug-likeness (QED) is 0.692. The van der Waals surface area contributed by atoms with Crippen molar-refractivity contribution in [3.05, 3.63) is 35.4 Å². The Morgan fingerprint density at radius 1 is 0.933 bits per heavy atom. The molecule has 0 spiro atoms. The van der Waals surface area contributed by atoms with E-state index in [4.69, 9.17) is 14.2 Å². The van der Waals surface area contributed by atoms with Gasteiger partial charge in [0.25, 0.3) is 0 Å². The van der Waals surface area contributed by atoms with Gasteiger partial charge in [0.2, 0.25) is 0 Å². The maximum atomic E-state index is 5.72. The topological polar surface area (TPSA) is 27.7 Å². The smallest absolute Gasteiger partial charge is 0.161 e. The van der Waals surface area contributed by atoms with Crippen molar-refractivity contribution in [1.82, 2.24) is 0 Å². The second-order valence-electron chi connectivity index (χ2n) is 3.70. The third-order valence-electron chi connectivity index (χ3n) is 2.96. The Bertz CT molecular complexity index is 398. The Kier molecular flexibility index (Phi) is 1.76. The molecule has 0 aliphatic carbocycles. The molecule has 0 saturated carbocycles. The fourth-order valence-electron chi connectivity index (χ4n) is 2.21. The van der Waals surface area contributed by atoms with Crippen LogP contribution in [0.1, 0.15) is 23.3 Å². The molecule has 0 radical (unpaired) electrons. The van der Waals surface area contributed by atoms with Crippen molar-refractivity contribution >= 4 is 0 Å². The Labute approximate surface area is 88.3 Å². The number of benzene rings is 1. The van der Waals surface area contributed by atoms with Gasteiger partial charge in [-0.3, -0.25) is 0 Å². The predicted molar refractivity (Wildman–Crippen MR) is 55.3 cm³/mol. The molecule has 0 saturated heterocycles. The van der Waals surface area contributed by atoms with Gasteiger partial charge < -0.3 is 14.2 Å². The first-order valence-electron chi connectivity index (χ1n) is 4.93. The third-order valence-corrected chi connectivity index (χ3v) is 2.96. The summed E-state index contributed by atoms with van der Waals surface area (Å²) in [5.41, 5.74) is 2.39. The van der Waals surface area contributed by atoms with Crippen LogP contribution >= 0.6 is 0 Å². The van der Waals surface area contributed by atoms with Crippen molar-refractivity contribution in [3.8, 4) is 11.5 Å². The molecule has 0 aromatic heterocycles. The number of rotatable bonds is 2. The molecule has 1 aromatic carbocycles. The van der Waals surface area contributed by atoms with E-state index in [1.54, 1.807) is 14.2 Å². The van der Waals surface area contributed by atoms with Gasteiger partial charge >= 0.3 is 0 Å². The molecule has 2 heterocycles. The molecule has 78 valence electrons. The first-order chi connectivity index (χ1) is 7.33. The minimum absolute atomic E-state index is 0.102. The molecule has 0 N–H and O–H groups in total. The van der Waals surface area contributed by atoms with Crippen molar-refractivity contribution < 1.29 is 14.2 Å². The van der Waals surface area contributed by atoms with E-state index in [1.807, 2.05) is 12.1 Å². The van der Waals surface area contributed by atoms with Crippen LogP contribution in [0.5, 0.6) is 11.5 Å². The summed E-state index contributed by atoms with van der Waals surface area (Å²) < 4.78 is 16.2. The summed E-state index contributed by atoms with van der Waals surface area (Å²) in [6, 6.07) is 4.00. The third kappa shape index (κ3) is 1.10. The van der Waals surface area contributed by atoms with Crippen LogP contribution in [-0.4, -0.2) is 14.2 Å². The van der Waals surface area contributed by atoms with Crippen LogP contribution in [0.3, 0.4) is 0 Å². The molecule has 2 aliphatic rings. The summed E-state index contributed by atoms with van der Waals surface area (Å²) in [6.07, 6.45) is 4.37. The van der Waals surface area contributed by atoms with Crippen LogP contribution in [0.25, 0.3) is 0 Å². The van der Waals surface area contributed by atoms with Crippen molar-refractivity contribution in [3.63, 3.8) is 0 Å². The Balaban J connectivity index is 2.15. The normalized spacial score (nSPS) is 25.5. The van der Waals surface area contributed by atoms with Gasteiger partial charge in [0.1, 0.15) is 12.2 Å². The Morgan fingerprint density at radius 2 is 1.40 bits per heavy atom. The van der Waals surface area contributed by atoms with E-state index in [-0.39, 0.29) is 12.2 Å². The lowest BCUT2D eigenvalue weighted by atomic mass is 9.96. The maximum Gasteiger partial charge on any atom is 0.161 e. The molecule has 0 unspecified atom stereocenters. The van der Waals surface area contributed by atoms with Gasteiger partial charge in [-0.2, -0.15) is 0 Å². The second-order valence-corrected chi connectivity index (χ2v) is 3.70. The molecule has 15 heavy (non-hydrogen) atoms. The van der Waals surface area contributed by atoms with Crippen LogP contribution in [0.2, 0.25) is 0 Å². The number of fused-ring (bicyclic) bond motifs is 5. The predicted octanol–water partition coefficient (Wildman–Crippen LogP) is 2.39. The maximum absolute atomic E-state index is 5.72. The molecular weight excluding hydrogens is 192 g/mol. The summed E-state index contributed by atoms with van der Waals surface area (Å²) in [4.78, 5) is 0. The van der Waals surface area contributed by atoms with E-state index in [0.29, 0.717) is 0 Å². The van der Waals surface area contributed by atoms with E-state index in [1.165, 1.54) is 11.1 Å². The molecule has 2 atom stereocenters. The standard InChI is InChI=1S/C12H12O3/c1-13-11-5-7-8(6-12(11)14-2)10-4-3-9(7)15-10/h3-6,9-10H,1-2H3/t9-,10-/m0/s1. The van der Waals surface area contributed by atoms with Gasteiger partial charge in [-0.05, 0) is 23.3 Å². The Hall–Kier alpha value is -1.48. The van der Waals surface area contributed by atoms with E-state index < -0.39 is 0 Å². The lowest BCUT2D eigenvalue weighted by Gasteiger charge is -2.13. The average Bonchev–Trinajstić information content (AvgIpc) is 2.88.